The van der Waals surface area contributed by atoms with E-state index in [-0.39, 0.29) is 24.3 Å². The Bertz CT molecular complexity index is 1130. The Morgan fingerprint density at radius 3 is 2.24 bits per heavy atom. The molecule has 0 unspecified atom stereocenters. The zero-order chi connectivity index (χ0) is 32.1. The summed E-state index contributed by atoms with van der Waals surface area (Å²) in [7, 11) is 3.46. The molecule has 0 atom stereocenters. The van der Waals surface area contributed by atoms with Crippen molar-refractivity contribution in [2.24, 2.45) is 5.92 Å². The molecule has 0 bridgehead atoms. The minimum absolute atomic E-state index is 0.0952. The largest absolute Gasteiger partial charge is 0.494 e. The highest BCUT2D eigenvalue weighted by Crippen LogP contribution is 2.28. The lowest BCUT2D eigenvalue weighted by molar-refractivity contribution is -0.136. The molecule has 250 valence electrons. The van der Waals surface area contributed by atoms with E-state index in [1.54, 1.807) is 7.05 Å². The highest BCUT2D eigenvalue weighted by Gasteiger charge is 2.27. The molecule has 2 aromatic rings. The van der Waals surface area contributed by atoms with Crippen LogP contribution in [0.1, 0.15) is 57.4 Å². The Morgan fingerprint density at radius 2 is 1.60 bits per heavy atom. The normalized spacial score (nSPS) is 12.8. The number of carbonyl (C=O) groups is 2. The van der Waals surface area contributed by atoms with Gasteiger partial charge in [0.1, 0.15) is 18.2 Å². The van der Waals surface area contributed by atoms with Gasteiger partial charge in [0.05, 0.1) is 6.61 Å². The smallest absolute Gasteiger partial charge is 0.245 e. The zero-order valence-electron chi connectivity index (χ0n) is 27.3. The topological polar surface area (TPSA) is 136 Å². The first-order chi connectivity index (χ1) is 22.0. The van der Waals surface area contributed by atoms with Crippen molar-refractivity contribution >= 4 is 29.3 Å². The summed E-state index contributed by atoms with van der Waals surface area (Å²) in [6.07, 6.45) is 9.32. The standard InChI is InChI=1S/C33H52N6O6/c1-4-26-24-36-33(38-31(26)35-16-17-39(3)32(41)27-10-7-11-27)37-28-12-14-29(15-13-28)45-23-9-21-43-19-6-5-18-42-20-8-22-44-25-30(40)34-2/h12-15,24,27H,4-11,16-23,25H2,1-3H3,(H,34,40)(H2,35,36,37,38). The van der Waals surface area contributed by atoms with Crippen LogP contribution in [-0.4, -0.2) is 100 Å². The summed E-state index contributed by atoms with van der Waals surface area (Å²) in [5, 5.41) is 9.17. The van der Waals surface area contributed by atoms with Gasteiger partial charge in [-0.2, -0.15) is 4.98 Å². The number of hydrogen-bond acceptors (Lipinski definition) is 10. The second-order valence-electron chi connectivity index (χ2n) is 11.1. The molecule has 2 amide bonds. The van der Waals surface area contributed by atoms with Crippen molar-refractivity contribution in [3.05, 3.63) is 36.0 Å². The molecule has 12 nitrogen and oxygen atoms in total. The van der Waals surface area contributed by atoms with Gasteiger partial charge in [0, 0.05) is 90.0 Å². The van der Waals surface area contributed by atoms with Gasteiger partial charge in [-0.1, -0.05) is 13.3 Å². The molecule has 1 aliphatic rings. The van der Waals surface area contributed by atoms with Gasteiger partial charge in [0.2, 0.25) is 17.8 Å². The highest BCUT2D eigenvalue weighted by molar-refractivity contribution is 5.79. The lowest BCUT2D eigenvalue weighted by Gasteiger charge is -2.29. The number of ether oxygens (including phenoxy) is 4. The summed E-state index contributed by atoms with van der Waals surface area (Å²) in [6.45, 7) is 7.21. The van der Waals surface area contributed by atoms with E-state index in [9.17, 15) is 9.59 Å². The predicted molar refractivity (Wildman–Crippen MR) is 175 cm³/mol. The fourth-order valence-electron chi connectivity index (χ4n) is 4.52. The first-order valence-electron chi connectivity index (χ1n) is 16.3. The first kappa shape index (κ1) is 36.0. The maximum Gasteiger partial charge on any atom is 0.245 e. The van der Waals surface area contributed by atoms with Crippen molar-refractivity contribution < 1.29 is 28.5 Å². The lowest BCUT2D eigenvalue weighted by Crippen LogP contribution is -2.38. The van der Waals surface area contributed by atoms with Crippen LogP contribution in [0.3, 0.4) is 0 Å². The average Bonchev–Trinajstić information content (AvgIpc) is 3.02. The quantitative estimate of drug-likeness (QED) is 0.145. The average molecular weight is 629 g/mol. The number of nitrogens with zero attached hydrogens (tertiary/aromatic N) is 3. The summed E-state index contributed by atoms with van der Waals surface area (Å²) in [5.41, 5.74) is 1.90. The highest BCUT2D eigenvalue weighted by atomic mass is 16.5. The third-order valence-corrected chi connectivity index (χ3v) is 7.54. The van der Waals surface area contributed by atoms with Crippen LogP contribution in [0, 0.1) is 5.92 Å². The number of carbonyl (C=O) groups excluding carboxylic acids is 2. The molecule has 12 heteroatoms. The summed E-state index contributed by atoms with van der Waals surface area (Å²) in [6, 6.07) is 7.73. The monoisotopic (exact) mass is 628 g/mol. The minimum Gasteiger partial charge on any atom is -0.494 e. The second-order valence-corrected chi connectivity index (χ2v) is 11.1. The van der Waals surface area contributed by atoms with Gasteiger partial charge >= 0.3 is 0 Å². The Kier molecular flexibility index (Phi) is 17.0. The number of aryl methyl sites for hydroxylation is 1. The van der Waals surface area contributed by atoms with Crippen molar-refractivity contribution in [2.75, 3.05) is 84.1 Å². The molecule has 1 aliphatic carbocycles. The van der Waals surface area contributed by atoms with Gasteiger partial charge in [0.15, 0.2) is 0 Å². The summed E-state index contributed by atoms with van der Waals surface area (Å²) >= 11 is 0. The van der Waals surface area contributed by atoms with E-state index >= 15 is 0 Å². The molecule has 1 heterocycles. The Morgan fingerprint density at radius 1 is 0.933 bits per heavy atom. The molecular formula is C33H52N6O6. The maximum atomic E-state index is 12.4. The fourth-order valence-corrected chi connectivity index (χ4v) is 4.52. The molecule has 3 N–H and O–H groups in total. The van der Waals surface area contributed by atoms with E-state index in [1.807, 2.05) is 42.4 Å². The fraction of sp³-hybridized carbons (Fsp3) is 0.636. The maximum absolute atomic E-state index is 12.4. The molecule has 3 rings (SSSR count). The van der Waals surface area contributed by atoms with Crippen molar-refractivity contribution in [2.45, 2.75) is 58.3 Å². The number of aromatic nitrogens is 2. The lowest BCUT2D eigenvalue weighted by atomic mass is 9.84. The molecule has 1 saturated carbocycles. The Hall–Kier alpha value is -3.48. The van der Waals surface area contributed by atoms with E-state index < -0.39 is 0 Å². The molecule has 1 aromatic heterocycles. The van der Waals surface area contributed by atoms with Crippen molar-refractivity contribution in [1.29, 1.82) is 0 Å². The molecule has 1 fully saturated rings. The van der Waals surface area contributed by atoms with E-state index in [1.165, 1.54) is 0 Å². The van der Waals surface area contributed by atoms with Crippen LogP contribution in [0.25, 0.3) is 0 Å². The predicted octanol–water partition coefficient (Wildman–Crippen LogP) is 4.19. The van der Waals surface area contributed by atoms with Crippen LogP contribution in [0.15, 0.2) is 30.5 Å². The number of likely N-dealkylation sites (N-methyl/N-ethyl adjacent to an activating group) is 2. The van der Waals surface area contributed by atoms with Gasteiger partial charge in [0.25, 0.3) is 0 Å². The minimum atomic E-state index is -0.118. The molecule has 0 saturated heterocycles. The molecule has 0 radical (unpaired) electrons. The van der Waals surface area contributed by atoms with Crippen LogP contribution < -0.4 is 20.7 Å². The number of amides is 2. The van der Waals surface area contributed by atoms with Gasteiger partial charge < -0.3 is 39.8 Å². The second kappa shape index (κ2) is 21.3. The SMILES string of the molecule is CCc1cnc(Nc2ccc(OCCCOCCCCOCCCOCC(=O)NC)cc2)nc1NCCN(C)C(=O)C1CCC1. The molecule has 0 aliphatic heterocycles. The first-order valence-corrected chi connectivity index (χ1v) is 16.3. The Labute approximate surface area is 268 Å². The van der Waals surface area contributed by atoms with Crippen LogP contribution in [0.4, 0.5) is 17.5 Å². The number of nitrogens with one attached hydrogen (secondary N) is 3. The van der Waals surface area contributed by atoms with Gasteiger partial charge in [-0.3, -0.25) is 9.59 Å². The van der Waals surface area contributed by atoms with Gasteiger partial charge in [-0.15, -0.1) is 0 Å². The zero-order valence-corrected chi connectivity index (χ0v) is 27.3. The van der Waals surface area contributed by atoms with E-state index in [0.29, 0.717) is 58.7 Å². The number of anilines is 3. The molecular weight excluding hydrogens is 576 g/mol. The number of rotatable bonds is 24. The number of unbranched alkanes of at least 4 members (excludes halogenated alkanes) is 1. The number of hydrogen-bond donors (Lipinski definition) is 3. The molecule has 45 heavy (non-hydrogen) atoms. The molecule has 0 spiro atoms. The van der Waals surface area contributed by atoms with Crippen LogP contribution >= 0.6 is 0 Å². The van der Waals surface area contributed by atoms with Crippen LogP contribution in [0.5, 0.6) is 5.75 Å². The van der Waals surface area contributed by atoms with Crippen LogP contribution in [-0.2, 0) is 30.2 Å². The van der Waals surface area contributed by atoms with Crippen molar-refractivity contribution in [3.8, 4) is 5.75 Å². The van der Waals surface area contributed by atoms with Gasteiger partial charge in [-0.05, 0) is 62.8 Å². The molecule has 1 aromatic carbocycles. The summed E-state index contributed by atoms with van der Waals surface area (Å²) in [5.74, 6) is 2.42. The van der Waals surface area contributed by atoms with Crippen LogP contribution in [0.2, 0.25) is 0 Å². The van der Waals surface area contributed by atoms with Crippen molar-refractivity contribution in [1.82, 2.24) is 20.2 Å². The van der Waals surface area contributed by atoms with Crippen molar-refractivity contribution in [3.63, 3.8) is 0 Å². The van der Waals surface area contributed by atoms with E-state index in [2.05, 4.69) is 32.8 Å². The van der Waals surface area contributed by atoms with E-state index in [0.717, 1.165) is 74.2 Å². The third kappa shape index (κ3) is 14.0. The van der Waals surface area contributed by atoms with Gasteiger partial charge in [-0.25, -0.2) is 4.98 Å². The third-order valence-electron chi connectivity index (χ3n) is 7.54. The summed E-state index contributed by atoms with van der Waals surface area (Å²) < 4.78 is 22.4. The Balaban J connectivity index is 1.23. The number of benzene rings is 1. The van der Waals surface area contributed by atoms with E-state index in [4.69, 9.17) is 18.9 Å². The summed E-state index contributed by atoms with van der Waals surface area (Å²) in [4.78, 5) is 34.4.